The van der Waals surface area contributed by atoms with Crippen LogP contribution in [-0.2, 0) is 6.42 Å². The molecule has 0 bridgehead atoms. The van der Waals surface area contributed by atoms with Crippen LogP contribution in [0.4, 0.5) is 4.39 Å². The Labute approximate surface area is 111 Å². The molecule has 1 heterocycles. The van der Waals surface area contributed by atoms with Gasteiger partial charge in [-0.1, -0.05) is 5.16 Å². The average Bonchev–Trinajstić information content (AvgIpc) is 2.79. The van der Waals surface area contributed by atoms with Crippen LogP contribution in [0, 0.1) is 5.82 Å². The predicted octanol–water partition coefficient (Wildman–Crippen LogP) is 3.81. The van der Waals surface area contributed by atoms with Gasteiger partial charge in [0.1, 0.15) is 5.82 Å². The molecule has 1 aromatic carbocycles. The molecule has 0 saturated heterocycles. The van der Waals surface area contributed by atoms with Crippen LogP contribution < -0.4 is 0 Å². The molecule has 0 N–H and O–H groups in total. The van der Waals surface area contributed by atoms with Gasteiger partial charge in [-0.2, -0.15) is 4.98 Å². The summed E-state index contributed by atoms with van der Waals surface area (Å²) in [6.07, 6.45) is 1.44. The van der Waals surface area contributed by atoms with Crippen LogP contribution >= 0.6 is 27.5 Å². The van der Waals surface area contributed by atoms with Gasteiger partial charge in [-0.25, -0.2) is 4.39 Å². The second-order valence-corrected chi connectivity index (χ2v) is 4.67. The molecule has 0 radical (unpaired) electrons. The van der Waals surface area contributed by atoms with Crippen molar-refractivity contribution in [3.63, 3.8) is 0 Å². The third-order valence-corrected chi connectivity index (χ3v) is 3.05. The fourth-order valence-corrected chi connectivity index (χ4v) is 1.84. The van der Waals surface area contributed by atoms with Gasteiger partial charge < -0.3 is 4.52 Å². The van der Waals surface area contributed by atoms with Crippen molar-refractivity contribution < 1.29 is 8.91 Å². The zero-order valence-corrected chi connectivity index (χ0v) is 11.1. The summed E-state index contributed by atoms with van der Waals surface area (Å²) in [5.74, 6) is 1.23. The number of aryl methyl sites for hydroxylation is 1. The van der Waals surface area contributed by atoms with Crippen LogP contribution in [0.3, 0.4) is 0 Å². The van der Waals surface area contributed by atoms with Gasteiger partial charge >= 0.3 is 0 Å². The van der Waals surface area contributed by atoms with E-state index >= 15 is 0 Å². The summed E-state index contributed by atoms with van der Waals surface area (Å²) < 4.78 is 18.5. The van der Waals surface area contributed by atoms with Gasteiger partial charge in [0.05, 0.1) is 4.47 Å². The van der Waals surface area contributed by atoms with Gasteiger partial charge in [0, 0.05) is 17.9 Å². The van der Waals surface area contributed by atoms with Crippen molar-refractivity contribution in [3.8, 4) is 11.4 Å². The van der Waals surface area contributed by atoms with E-state index in [4.69, 9.17) is 16.1 Å². The largest absolute Gasteiger partial charge is 0.339 e. The van der Waals surface area contributed by atoms with Crippen molar-refractivity contribution >= 4 is 27.5 Å². The van der Waals surface area contributed by atoms with E-state index in [1.807, 2.05) is 0 Å². The minimum Gasteiger partial charge on any atom is -0.339 e. The van der Waals surface area contributed by atoms with E-state index in [0.29, 0.717) is 34.1 Å². The first-order chi connectivity index (χ1) is 8.20. The highest BCUT2D eigenvalue weighted by molar-refractivity contribution is 9.10. The lowest BCUT2D eigenvalue weighted by molar-refractivity contribution is 0.378. The standard InChI is InChI=1S/C11H9BrClFN2O/c12-8-6-7(3-4-9(8)14)11-15-10(17-16-11)2-1-5-13/h3-4,6H,1-2,5H2. The summed E-state index contributed by atoms with van der Waals surface area (Å²) in [6.45, 7) is 0. The van der Waals surface area contributed by atoms with Gasteiger partial charge in [0.2, 0.25) is 11.7 Å². The molecular weight excluding hydrogens is 310 g/mol. The first-order valence-electron chi connectivity index (χ1n) is 5.04. The maximum absolute atomic E-state index is 13.1. The SMILES string of the molecule is Fc1ccc(-c2noc(CCCCl)n2)cc1Br. The number of hydrogen-bond acceptors (Lipinski definition) is 3. The van der Waals surface area contributed by atoms with Crippen LogP contribution in [0.25, 0.3) is 11.4 Å². The van der Waals surface area contributed by atoms with E-state index in [0.717, 1.165) is 6.42 Å². The lowest BCUT2D eigenvalue weighted by Gasteiger charge is -1.96. The Bertz CT molecular complexity index is 518. The molecular formula is C11H9BrClFN2O. The summed E-state index contributed by atoms with van der Waals surface area (Å²) in [7, 11) is 0. The van der Waals surface area contributed by atoms with Gasteiger partial charge in [-0.3, -0.25) is 0 Å². The Kier molecular flexibility index (Phi) is 4.12. The Morgan fingerprint density at radius 3 is 2.94 bits per heavy atom. The van der Waals surface area contributed by atoms with E-state index in [1.165, 1.54) is 6.07 Å². The number of nitrogens with zero attached hydrogens (tertiary/aromatic N) is 2. The maximum Gasteiger partial charge on any atom is 0.227 e. The maximum atomic E-state index is 13.1. The number of benzene rings is 1. The number of halogens is 3. The van der Waals surface area contributed by atoms with E-state index in [2.05, 4.69) is 26.1 Å². The molecule has 0 atom stereocenters. The van der Waals surface area contributed by atoms with Gasteiger partial charge in [-0.15, -0.1) is 11.6 Å². The van der Waals surface area contributed by atoms with Crippen LogP contribution in [-0.4, -0.2) is 16.0 Å². The van der Waals surface area contributed by atoms with E-state index < -0.39 is 0 Å². The zero-order valence-electron chi connectivity index (χ0n) is 8.79. The summed E-state index contributed by atoms with van der Waals surface area (Å²) in [5, 5.41) is 3.84. The number of hydrogen-bond donors (Lipinski definition) is 0. The predicted molar refractivity (Wildman–Crippen MR) is 66.4 cm³/mol. The molecule has 0 aliphatic carbocycles. The second kappa shape index (κ2) is 5.60. The minimum absolute atomic E-state index is 0.320. The Morgan fingerprint density at radius 1 is 1.41 bits per heavy atom. The van der Waals surface area contributed by atoms with Crippen molar-refractivity contribution in [2.45, 2.75) is 12.8 Å². The molecule has 17 heavy (non-hydrogen) atoms. The molecule has 0 saturated carbocycles. The van der Waals surface area contributed by atoms with Gasteiger partial charge in [-0.05, 0) is 40.5 Å². The molecule has 0 aliphatic rings. The summed E-state index contributed by atoms with van der Waals surface area (Å²) in [6, 6.07) is 4.58. The molecule has 0 spiro atoms. The highest BCUT2D eigenvalue weighted by Gasteiger charge is 2.10. The highest BCUT2D eigenvalue weighted by atomic mass is 79.9. The minimum atomic E-state index is -0.320. The fourth-order valence-electron chi connectivity index (χ4n) is 1.33. The normalized spacial score (nSPS) is 10.8. The molecule has 3 nitrogen and oxygen atoms in total. The van der Waals surface area contributed by atoms with Crippen molar-refractivity contribution in [2.75, 3.05) is 5.88 Å². The molecule has 0 amide bonds. The zero-order chi connectivity index (χ0) is 12.3. The molecule has 6 heteroatoms. The van der Waals surface area contributed by atoms with Crippen molar-refractivity contribution in [1.29, 1.82) is 0 Å². The monoisotopic (exact) mass is 318 g/mol. The third kappa shape index (κ3) is 3.04. The summed E-state index contributed by atoms with van der Waals surface area (Å²) >= 11 is 8.69. The number of rotatable bonds is 4. The Balaban J connectivity index is 2.21. The summed E-state index contributed by atoms with van der Waals surface area (Å²) in [4.78, 5) is 4.21. The third-order valence-electron chi connectivity index (χ3n) is 2.17. The Hall–Kier alpha value is -0.940. The molecule has 0 unspecified atom stereocenters. The highest BCUT2D eigenvalue weighted by Crippen LogP contribution is 2.23. The second-order valence-electron chi connectivity index (χ2n) is 3.43. The van der Waals surface area contributed by atoms with Gasteiger partial charge in [0.25, 0.3) is 0 Å². The molecule has 0 aliphatic heterocycles. The van der Waals surface area contributed by atoms with Crippen molar-refractivity contribution in [2.24, 2.45) is 0 Å². The molecule has 90 valence electrons. The first-order valence-corrected chi connectivity index (χ1v) is 6.37. The lowest BCUT2D eigenvalue weighted by Crippen LogP contribution is -1.87. The quantitative estimate of drug-likeness (QED) is 0.804. The van der Waals surface area contributed by atoms with E-state index in [9.17, 15) is 4.39 Å². The van der Waals surface area contributed by atoms with Crippen molar-refractivity contribution in [3.05, 3.63) is 34.4 Å². The molecule has 1 aromatic heterocycles. The summed E-state index contributed by atoms with van der Waals surface area (Å²) in [5.41, 5.74) is 0.708. The molecule has 2 aromatic rings. The molecule has 0 fully saturated rings. The smallest absolute Gasteiger partial charge is 0.227 e. The Morgan fingerprint density at radius 2 is 2.24 bits per heavy atom. The first kappa shape index (κ1) is 12.5. The van der Waals surface area contributed by atoms with Gasteiger partial charge in [0.15, 0.2) is 0 Å². The van der Waals surface area contributed by atoms with Crippen LogP contribution in [0.5, 0.6) is 0 Å². The van der Waals surface area contributed by atoms with Crippen LogP contribution in [0.2, 0.25) is 0 Å². The number of aromatic nitrogens is 2. The topological polar surface area (TPSA) is 38.9 Å². The van der Waals surface area contributed by atoms with Crippen LogP contribution in [0.15, 0.2) is 27.2 Å². The molecule has 2 rings (SSSR count). The van der Waals surface area contributed by atoms with Crippen LogP contribution in [0.1, 0.15) is 12.3 Å². The fraction of sp³-hybridized carbons (Fsp3) is 0.273. The lowest BCUT2D eigenvalue weighted by atomic mass is 10.2. The van der Waals surface area contributed by atoms with E-state index in [1.54, 1.807) is 12.1 Å². The average molecular weight is 320 g/mol. The number of alkyl halides is 1. The van der Waals surface area contributed by atoms with E-state index in [-0.39, 0.29) is 5.82 Å². The van der Waals surface area contributed by atoms with Crippen molar-refractivity contribution in [1.82, 2.24) is 10.1 Å².